The van der Waals surface area contributed by atoms with E-state index in [1.807, 2.05) is 0 Å². The minimum absolute atomic E-state index is 0.0411. The molecule has 3 rings (SSSR count). The maximum atomic E-state index is 12.0. The molecule has 8 nitrogen and oxygen atoms in total. The number of amides is 1. The van der Waals surface area contributed by atoms with Gasteiger partial charge >= 0.3 is 5.97 Å². The highest BCUT2D eigenvalue weighted by molar-refractivity contribution is 7.16. The molecule has 1 heterocycles. The summed E-state index contributed by atoms with van der Waals surface area (Å²) in [5.41, 5.74) is 0.405. The number of fused-ring (bicyclic) bond motifs is 1. The predicted molar refractivity (Wildman–Crippen MR) is 86.4 cm³/mol. The minimum Gasteiger partial charge on any atom is -0.465 e. The highest BCUT2D eigenvalue weighted by Crippen LogP contribution is 2.30. The first-order chi connectivity index (χ1) is 11.5. The van der Waals surface area contributed by atoms with Crippen molar-refractivity contribution < 1.29 is 19.2 Å². The van der Waals surface area contributed by atoms with Gasteiger partial charge in [0.05, 0.1) is 21.7 Å². The number of carbonyl (C=O) groups is 2. The van der Waals surface area contributed by atoms with Crippen LogP contribution in [0.1, 0.15) is 19.8 Å². The Morgan fingerprint density at radius 3 is 2.83 bits per heavy atom. The van der Waals surface area contributed by atoms with E-state index in [-0.39, 0.29) is 30.7 Å². The van der Waals surface area contributed by atoms with Crippen LogP contribution in [0.5, 0.6) is 0 Å². The van der Waals surface area contributed by atoms with Crippen molar-refractivity contribution in [2.75, 3.05) is 6.61 Å². The van der Waals surface area contributed by atoms with E-state index in [1.54, 1.807) is 13.0 Å². The van der Waals surface area contributed by atoms with Gasteiger partial charge in [0.15, 0.2) is 4.80 Å². The molecule has 1 saturated carbocycles. The van der Waals surface area contributed by atoms with Crippen molar-refractivity contribution in [3.8, 4) is 0 Å². The Labute approximate surface area is 140 Å². The number of non-ortho nitro benzene ring substituents is 1. The van der Waals surface area contributed by atoms with E-state index >= 15 is 0 Å². The molecule has 0 unspecified atom stereocenters. The molecule has 1 aliphatic carbocycles. The van der Waals surface area contributed by atoms with Gasteiger partial charge in [0.2, 0.25) is 0 Å². The fourth-order valence-corrected chi connectivity index (χ4v) is 3.28. The van der Waals surface area contributed by atoms with Gasteiger partial charge in [-0.05, 0) is 25.8 Å². The summed E-state index contributed by atoms with van der Waals surface area (Å²) in [6.07, 6.45) is 1.66. The predicted octanol–water partition coefficient (Wildman–Crippen LogP) is 2.01. The number of nitrogens with zero attached hydrogens (tertiary/aromatic N) is 3. The molecule has 0 aliphatic heterocycles. The van der Waals surface area contributed by atoms with Crippen LogP contribution in [0.15, 0.2) is 23.2 Å². The lowest BCUT2D eigenvalue weighted by Gasteiger charge is -2.05. The molecule has 1 aromatic heterocycles. The number of carbonyl (C=O) groups excluding carboxylic acids is 2. The third-order valence-electron chi connectivity index (χ3n) is 3.60. The van der Waals surface area contributed by atoms with Gasteiger partial charge in [0.25, 0.3) is 11.6 Å². The lowest BCUT2D eigenvalue weighted by molar-refractivity contribution is -0.384. The quantitative estimate of drug-likeness (QED) is 0.466. The Morgan fingerprint density at radius 1 is 1.46 bits per heavy atom. The molecule has 9 heteroatoms. The van der Waals surface area contributed by atoms with Crippen LogP contribution < -0.4 is 4.80 Å². The van der Waals surface area contributed by atoms with Crippen LogP contribution in [0.2, 0.25) is 0 Å². The van der Waals surface area contributed by atoms with Gasteiger partial charge < -0.3 is 9.30 Å². The number of aromatic nitrogens is 1. The molecule has 126 valence electrons. The summed E-state index contributed by atoms with van der Waals surface area (Å²) in [4.78, 5) is 38.8. The molecule has 0 saturated heterocycles. The SMILES string of the molecule is CCOC(=O)Cn1c(=NC(=O)C2CC2)sc2ccc([N+](=O)[O-])cc21. The number of nitro benzene ring substituents is 1. The average Bonchev–Trinajstić information content (AvgIpc) is 3.33. The largest absolute Gasteiger partial charge is 0.465 e. The zero-order valence-electron chi connectivity index (χ0n) is 12.9. The Morgan fingerprint density at radius 2 is 2.21 bits per heavy atom. The number of esters is 1. The van der Waals surface area contributed by atoms with Crippen LogP contribution in [0.25, 0.3) is 10.2 Å². The fraction of sp³-hybridized carbons (Fsp3) is 0.400. The molecule has 0 radical (unpaired) electrons. The number of hydrogen-bond acceptors (Lipinski definition) is 6. The summed E-state index contributed by atoms with van der Waals surface area (Å²) in [7, 11) is 0. The molecule has 1 fully saturated rings. The van der Waals surface area contributed by atoms with Crippen molar-refractivity contribution in [2.45, 2.75) is 26.3 Å². The van der Waals surface area contributed by atoms with E-state index in [1.165, 1.54) is 28.0 Å². The second-order valence-electron chi connectivity index (χ2n) is 5.41. The molecule has 0 spiro atoms. The number of thiazole rings is 1. The molecule has 0 atom stereocenters. The molecule has 0 N–H and O–H groups in total. The van der Waals surface area contributed by atoms with Crippen molar-refractivity contribution in [3.63, 3.8) is 0 Å². The molecule has 1 aliphatic rings. The number of ether oxygens (including phenoxy) is 1. The van der Waals surface area contributed by atoms with Crippen LogP contribution in [0.4, 0.5) is 5.69 Å². The van der Waals surface area contributed by atoms with Gasteiger partial charge in [-0.3, -0.25) is 19.7 Å². The summed E-state index contributed by atoms with van der Waals surface area (Å²) in [6, 6.07) is 4.37. The van der Waals surface area contributed by atoms with Crippen LogP contribution in [-0.2, 0) is 20.9 Å². The number of nitro groups is 1. The van der Waals surface area contributed by atoms with Gasteiger partial charge in [-0.15, -0.1) is 0 Å². The number of hydrogen-bond donors (Lipinski definition) is 0. The minimum atomic E-state index is -0.502. The van der Waals surface area contributed by atoms with Crippen LogP contribution in [0, 0.1) is 16.0 Å². The van der Waals surface area contributed by atoms with Gasteiger partial charge in [0.1, 0.15) is 6.54 Å². The van der Waals surface area contributed by atoms with E-state index < -0.39 is 10.9 Å². The van der Waals surface area contributed by atoms with E-state index in [0.717, 1.165) is 12.8 Å². The zero-order chi connectivity index (χ0) is 17.3. The first-order valence-electron chi connectivity index (χ1n) is 7.51. The monoisotopic (exact) mass is 349 g/mol. The van der Waals surface area contributed by atoms with E-state index in [9.17, 15) is 19.7 Å². The van der Waals surface area contributed by atoms with Crippen molar-refractivity contribution in [2.24, 2.45) is 10.9 Å². The highest BCUT2D eigenvalue weighted by Gasteiger charge is 2.29. The maximum absolute atomic E-state index is 12.0. The standard InChI is InChI=1S/C15H15N3O5S/c1-2-23-13(19)8-17-11-7-10(18(21)22)5-6-12(11)24-15(17)16-14(20)9-3-4-9/h5-7,9H,2-4,8H2,1H3. The second-order valence-corrected chi connectivity index (χ2v) is 6.42. The molecule has 2 aromatic rings. The first kappa shape index (κ1) is 16.3. The fourth-order valence-electron chi connectivity index (χ4n) is 2.26. The average molecular weight is 349 g/mol. The normalized spacial score (nSPS) is 14.8. The molecule has 1 amide bonds. The molecule has 0 bridgehead atoms. The van der Waals surface area contributed by atoms with Crippen molar-refractivity contribution >= 4 is 39.1 Å². The topological polar surface area (TPSA) is 104 Å². The van der Waals surface area contributed by atoms with Crippen LogP contribution in [0.3, 0.4) is 0 Å². The Hall–Kier alpha value is -2.55. The summed E-state index contributed by atoms with van der Waals surface area (Å²) >= 11 is 1.22. The van der Waals surface area contributed by atoms with Gasteiger partial charge in [-0.1, -0.05) is 11.3 Å². The third kappa shape index (κ3) is 3.35. The lowest BCUT2D eigenvalue weighted by atomic mass is 10.3. The highest BCUT2D eigenvalue weighted by atomic mass is 32.1. The smallest absolute Gasteiger partial charge is 0.326 e. The maximum Gasteiger partial charge on any atom is 0.326 e. The van der Waals surface area contributed by atoms with Crippen LogP contribution >= 0.6 is 11.3 Å². The molecule has 1 aromatic carbocycles. The Balaban J connectivity index is 2.12. The Kier molecular flexibility index (Phi) is 4.43. The number of rotatable bonds is 5. The van der Waals surface area contributed by atoms with E-state index in [4.69, 9.17) is 4.74 Å². The summed E-state index contributed by atoms with van der Waals surface area (Å²) in [5.74, 6) is -0.738. The van der Waals surface area contributed by atoms with E-state index in [0.29, 0.717) is 15.0 Å². The lowest BCUT2D eigenvalue weighted by Crippen LogP contribution is -2.23. The molecular formula is C15H15N3O5S. The van der Waals surface area contributed by atoms with E-state index in [2.05, 4.69) is 4.99 Å². The first-order valence-corrected chi connectivity index (χ1v) is 8.33. The van der Waals surface area contributed by atoms with Crippen LogP contribution in [-0.4, -0.2) is 28.0 Å². The zero-order valence-corrected chi connectivity index (χ0v) is 13.7. The van der Waals surface area contributed by atoms with Crippen molar-refractivity contribution in [1.29, 1.82) is 0 Å². The van der Waals surface area contributed by atoms with Crippen molar-refractivity contribution in [3.05, 3.63) is 33.1 Å². The summed E-state index contributed by atoms with van der Waals surface area (Å²) in [5, 5.41) is 11.0. The molecule has 24 heavy (non-hydrogen) atoms. The van der Waals surface area contributed by atoms with Gasteiger partial charge in [-0.25, -0.2) is 0 Å². The molecular weight excluding hydrogens is 334 g/mol. The number of benzene rings is 1. The Bertz CT molecular complexity index is 894. The van der Waals surface area contributed by atoms with Gasteiger partial charge in [-0.2, -0.15) is 4.99 Å². The van der Waals surface area contributed by atoms with Crippen molar-refractivity contribution in [1.82, 2.24) is 4.57 Å². The second kappa shape index (κ2) is 6.52. The van der Waals surface area contributed by atoms with Gasteiger partial charge in [0, 0.05) is 18.1 Å². The summed E-state index contributed by atoms with van der Waals surface area (Å²) < 4.78 is 7.17. The summed E-state index contributed by atoms with van der Waals surface area (Å²) in [6.45, 7) is 1.78. The third-order valence-corrected chi connectivity index (χ3v) is 4.66.